The lowest BCUT2D eigenvalue weighted by Gasteiger charge is -2.24. The summed E-state index contributed by atoms with van der Waals surface area (Å²) in [6.45, 7) is 7.33. The Hall–Kier alpha value is -0.130. The summed E-state index contributed by atoms with van der Waals surface area (Å²) in [6.07, 6.45) is 1.09. The van der Waals surface area contributed by atoms with Gasteiger partial charge in [0, 0.05) is 30.4 Å². The Kier molecular flexibility index (Phi) is 6.44. The summed E-state index contributed by atoms with van der Waals surface area (Å²) >= 11 is 2.33. The van der Waals surface area contributed by atoms with Crippen LogP contribution in [0.4, 0.5) is 0 Å². The van der Waals surface area contributed by atoms with Crippen molar-refractivity contribution in [2.45, 2.75) is 26.8 Å². The molecule has 0 aliphatic rings. The monoisotopic (exact) mass is 347 g/mol. The third kappa shape index (κ3) is 6.38. The van der Waals surface area contributed by atoms with Gasteiger partial charge < -0.3 is 10.1 Å². The van der Waals surface area contributed by atoms with Crippen molar-refractivity contribution >= 4 is 22.6 Å². The van der Waals surface area contributed by atoms with E-state index in [0.29, 0.717) is 5.41 Å². The molecule has 0 aromatic heterocycles. The van der Waals surface area contributed by atoms with Crippen LogP contribution in [0.2, 0.25) is 0 Å². The van der Waals surface area contributed by atoms with Crippen LogP contribution in [0.5, 0.6) is 0 Å². The van der Waals surface area contributed by atoms with Crippen molar-refractivity contribution in [1.29, 1.82) is 0 Å². The first-order chi connectivity index (χ1) is 8.03. The van der Waals surface area contributed by atoms with Gasteiger partial charge >= 0.3 is 0 Å². The molecule has 0 saturated heterocycles. The van der Waals surface area contributed by atoms with Crippen molar-refractivity contribution in [2.24, 2.45) is 5.41 Å². The number of hydrogen-bond acceptors (Lipinski definition) is 2. The van der Waals surface area contributed by atoms with Crippen LogP contribution < -0.4 is 5.32 Å². The minimum Gasteiger partial charge on any atom is -0.385 e. The zero-order valence-corrected chi connectivity index (χ0v) is 13.1. The summed E-state index contributed by atoms with van der Waals surface area (Å²) in [5.41, 5.74) is 1.63. The average Bonchev–Trinajstić information content (AvgIpc) is 2.29. The van der Waals surface area contributed by atoms with Crippen molar-refractivity contribution in [2.75, 3.05) is 20.3 Å². The second-order valence-corrected chi connectivity index (χ2v) is 6.38. The van der Waals surface area contributed by atoms with Gasteiger partial charge in [-0.05, 0) is 52.1 Å². The highest BCUT2D eigenvalue weighted by atomic mass is 127. The molecule has 0 atom stereocenters. The molecule has 0 bridgehead atoms. The molecule has 0 saturated carbocycles. The summed E-state index contributed by atoms with van der Waals surface area (Å²) in [6, 6.07) is 8.65. The highest BCUT2D eigenvalue weighted by Gasteiger charge is 2.16. The first-order valence-corrected chi connectivity index (χ1v) is 7.05. The van der Waals surface area contributed by atoms with Crippen molar-refractivity contribution in [3.63, 3.8) is 0 Å². The lowest BCUT2D eigenvalue weighted by atomic mass is 9.89. The fourth-order valence-corrected chi connectivity index (χ4v) is 1.97. The molecule has 0 fully saturated rings. The maximum atomic E-state index is 5.13. The Morgan fingerprint density at radius 2 is 1.88 bits per heavy atom. The third-order valence-corrected chi connectivity index (χ3v) is 3.55. The van der Waals surface area contributed by atoms with Crippen LogP contribution in [0, 0.1) is 8.99 Å². The van der Waals surface area contributed by atoms with E-state index in [0.717, 1.165) is 26.1 Å². The minimum atomic E-state index is 0.291. The molecule has 2 nitrogen and oxygen atoms in total. The van der Waals surface area contributed by atoms with E-state index < -0.39 is 0 Å². The largest absolute Gasteiger partial charge is 0.385 e. The standard InChI is InChI=1S/C14H22INO/c1-14(2,8-9-17-3)11-16-10-12-4-6-13(15)7-5-12/h4-7,16H,8-11H2,1-3H3. The number of hydrogen-bond donors (Lipinski definition) is 1. The summed E-state index contributed by atoms with van der Waals surface area (Å²) in [5.74, 6) is 0. The van der Waals surface area contributed by atoms with Crippen LogP contribution in [-0.4, -0.2) is 20.3 Å². The SMILES string of the molecule is COCCC(C)(C)CNCc1ccc(I)cc1. The van der Waals surface area contributed by atoms with E-state index >= 15 is 0 Å². The molecule has 0 aliphatic carbocycles. The number of halogens is 1. The zero-order valence-electron chi connectivity index (χ0n) is 10.9. The average molecular weight is 347 g/mol. The normalized spacial score (nSPS) is 11.8. The smallest absolute Gasteiger partial charge is 0.0467 e. The van der Waals surface area contributed by atoms with Gasteiger partial charge in [0.25, 0.3) is 0 Å². The highest BCUT2D eigenvalue weighted by molar-refractivity contribution is 14.1. The van der Waals surface area contributed by atoms with Gasteiger partial charge in [-0.1, -0.05) is 26.0 Å². The Morgan fingerprint density at radius 1 is 1.24 bits per heavy atom. The highest BCUT2D eigenvalue weighted by Crippen LogP contribution is 2.18. The molecule has 1 aromatic rings. The molecule has 1 rings (SSSR count). The van der Waals surface area contributed by atoms with Crippen LogP contribution in [0.1, 0.15) is 25.8 Å². The zero-order chi connectivity index (χ0) is 12.7. The van der Waals surface area contributed by atoms with Crippen molar-refractivity contribution < 1.29 is 4.74 Å². The molecule has 17 heavy (non-hydrogen) atoms. The van der Waals surface area contributed by atoms with Gasteiger partial charge in [-0.15, -0.1) is 0 Å². The van der Waals surface area contributed by atoms with Crippen molar-refractivity contribution in [1.82, 2.24) is 5.32 Å². The number of rotatable bonds is 7. The molecule has 1 aromatic carbocycles. The predicted molar refractivity (Wildman–Crippen MR) is 81.1 cm³/mol. The van der Waals surface area contributed by atoms with E-state index in [1.807, 2.05) is 0 Å². The second-order valence-electron chi connectivity index (χ2n) is 5.14. The Balaban J connectivity index is 2.29. The molecular weight excluding hydrogens is 325 g/mol. The van der Waals surface area contributed by atoms with E-state index in [1.54, 1.807) is 7.11 Å². The summed E-state index contributed by atoms with van der Waals surface area (Å²) in [4.78, 5) is 0. The van der Waals surface area contributed by atoms with Crippen molar-refractivity contribution in [3.05, 3.63) is 33.4 Å². The molecule has 96 valence electrons. The molecule has 1 N–H and O–H groups in total. The Morgan fingerprint density at radius 3 is 2.47 bits per heavy atom. The van der Waals surface area contributed by atoms with E-state index in [1.165, 1.54) is 9.13 Å². The number of ether oxygens (including phenoxy) is 1. The van der Waals surface area contributed by atoms with Gasteiger partial charge in [-0.25, -0.2) is 0 Å². The maximum absolute atomic E-state index is 5.13. The van der Waals surface area contributed by atoms with Crippen LogP contribution >= 0.6 is 22.6 Å². The molecule has 3 heteroatoms. The van der Waals surface area contributed by atoms with E-state index in [9.17, 15) is 0 Å². The van der Waals surface area contributed by atoms with Gasteiger partial charge in [0.1, 0.15) is 0 Å². The number of methoxy groups -OCH3 is 1. The molecule has 0 amide bonds. The Bertz CT molecular complexity index is 321. The summed E-state index contributed by atoms with van der Waals surface area (Å²) in [7, 11) is 1.76. The van der Waals surface area contributed by atoms with Crippen molar-refractivity contribution in [3.8, 4) is 0 Å². The van der Waals surface area contributed by atoms with E-state index in [2.05, 4.69) is 66.0 Å². The van der Waals surface area contributed by atoms with Crippen LogP contribution in [0.25, 0.3) is 0 Å². The molecule has 0 unspecified atom stereocenters. The van der Waals surface area contributed by atoms with E-state index in [4.69, 9.17) is 4.74 Å². The molecule has 0 radical (unpaired) electrons. The lowest BCUT2D eigenvalue weighted by Crippen LogP contribution is -2.30. The lowest BCUT2D eigenvalue weighted by molar-refractivity contribution is 0.150. The molecule has 0 spiro atoms. The fraction of sp³-hybridized carbons (Fsp3) is 0.571. The summed E-state index contributed by atoms with van der Waals surface area (Å²) in [5, 5.41) is 3.51. The minimum absolute atomic E-state index is 0.291. The van der Waals surface area contributed by atoms with Gasteiger partial charge in [-0.3, -0.25) is 0 Å². The quantitative estimate of drug-likeness (QED) is 0.763. The fourth-order valence-electron chi connectivity index (χ4n) is 1.61. The van der Waals surface area contributed by atoms with Gasteiger partial charge in [0.15, 0.2) is 0 Å². The Labute approximate surface area is 118 Å². The van der Waals surface area contributed by atoms with Crippen LogP contribution in [0.15, 0.2) is 24.3 Å². The van der Waals surface area contributed by atoms with E-state index in [-0.39, 0.29) is 0 Å². The number of benzene rings is 1. The number of nitrogens with one attached hydrogen (secondary N) is 1. The first kappa shape index (κ1) is 14.9. The first-order valence-electron chi connectivity index (χ1n) is 5.98. The predicted octanol–water partition coefficient (Wildman–Crippen LogP) is 3.44. The second kappa shape index (κ2) is 7.34. The third-order valence-electron chi connectivity index (χ3n) is 2.83. The van der Waals surface area contributed by atoms with Crippen LogP contribution in [-0.2, 0) is 11.3 Å². The van der Waals surface area contributed by atoms with Gasteiger partial charge in [0.2, 0.25) is 0 Å². The molecule has 0 heterocycles. The van der Waals surface area contributed by atoms with Gasteiger partial charge in [0.05, 0.1) is 0 Å². The molecule has 0 aliphatic heterocycles. The summed E-state index contributed by atoms with van der Waals surface area (Å²) < 4.78 is 6.41. The molecular formula is C14H22INO. The van der Waals surface area contributed by atoms with Gasteiger partial charge in [-0.2, -0.15) is 0 Å². The van der Waals surface area contributed by atoms with Crippen LogP contribution in [0.3, 0.4) is 0 Å². The topological polar surface area (TPSA) is 21.3 Å². The maximum Gasteiger partial charge on any atom is 0.0467 e.